The molecule has 1 amide bonds. The molecule has 3 heterocycles. The van der Waals surface area contributed by atoms with Crippen LogP contribution in [0.3, 0.4) is 0 Å². The van der Waals surface area contributed by atoms with Crippen LogP contribution in [0, 0.1) is 0 Å². The predicted octanol–water partition coefficient (Wildman–Crippen LogP) is 4.66. The molecule has 3 aromatic rings. The third-order valence-electron chi connectivity index (χ3n) is 5.78. The highest BCUT2D eigenvalue weighted by molar-refractivity contribution is 5.92. The third kappa shape index (κ3) is 4.50. The van der Waals surface area contributed by atoms with Gasteiger partial charge in [0.25, 0.3) is 5.91 Å². The van der Waals surface area contributed by atoms with E-state index in [-0.39, 0.29) is 17.4 Å². The number of benzene rings is 1. The number of aromatic amines is 1. The van der Waals surface area contributed by atoms with Gasteiger partial charge < -0.3 is 14.1 Å². The van der Waals surface area contributed by atoms with Crippen molar-refractivity contribution in [3.05, 3.63) is 65.1 Å². The molecular weight excluding hydrogens is 392 g/mol. The summed E-state index contributed by atoms with van der Waals surface area (Å²) in [6, 6.07) is 9.55. The quantitative estimate of drug-likeness (QED) is 0.646. The van der Waals surface area contributed by atoms with Crippen molar-refractivity contribution < 1.29 is 13.9 Å². The molecule has 1 fully saturated rings. The van der Waals surface area contributed by atoms with Gasteiger partial charge in [-0.05, 0) is 31.4 Å². The van der Waals surface area contributed by atoms with Crippen LogP contribution < -0.4 is 4.74 Å². The third-order valence-corrected chi connectivity index (χ3v) is 5.78. The minimum absolute atomic E-state index is 0.0825. The second-order valence-corrected chi connectivity index (χ2v) is 9.08. The molecule has 1 aliphatic heterocycles. The number of nitrogens with zero attached hydrogens (tertiary/aromatic N) is 3. The predicted molar refractivity (Wildman–Crippen MR) is 117 cm³/mol. The number of amides is 1. The molecule has 1 N–H and O–H groups in total. The average molecular weight is 423 g/mol. The monoisotopic (exact) mass is 422 g/mol. The maximum atomic E-state index is 13.3. The summed E-state index contributed by atoms with van der Waals surface area (Å²) in [5.41, 5.74) is 2.33. The van der Waals surface area contributed by atoms with E-state index in [1.165, 1.54) is 0 Å². The van der Waals surface area contributed by atoms with Crippen LogP contribution in [0.15, 0.2) is 40.9 Å². The fourth-order valence-electron chi connectivity index (χ4n) is 3.99. The molecule has 1 saturated heterocycles. The first-order valence-electron chi connectivity index (χ1n) is 10.8. The van der Waals surface area contributed by atoms with E-state index in [1.54, 1.807) is 13.3 Å². The van der Waals surface area contributed by atoms with Gasteiger partial charge in [-0.15, -0.1) is 0 Å². The summed E-state index contributed by atoms with van der Waals surface area (Å²) in [5.74, 6) is 2.08. The largest absolute Gasteiger partial charge is 0.496 e. The number of methoxy groups -OCH3 is 1. The summed E-state index contributed by atoms with van der Waals surface area (Å²) in [4.78, 5) is 19.6. The van der Waals surface area contributed by atoms with E-state index < -0.39 is 0 Å². The van der Waals surface area contributed by atoms with Crippen LogP contribution >= 0.6 is 0 Å². The molecule has 7 nitrogen and oxygen atoms in total. The lowest BCUT2D eigenvalue weighted by atomic mass is 9.92. The summed E-state index contributed by atoms with van der Waals surface area (Å²) in [7, 11) is 1.66. The van der Waals surface area contributed by atoms with Crippen LogP contribution in [0.25, 0.3) is 0 Å². The Morgan fingerprint density at radius 1 is 1.29 bits per heavy atom. The van der Waals surface area contributed by atoms with Gasteiger partial charge >= 0.3 is 0 Å². The number of carbonyl (C=O) groups excluding carboxylic acids is 1. The van der Waals surface area contributed by atoms with E-state index >= 15 is 0 Å². The highest BCUT2D eigenvalue weighted by atomic mass is 16.5. The number of oxazole rings is 1. The number of hydrogen-bond donors (Lipinski definition) is 1. The zero-order valence-corrected chi connectivity index (χ0v) is 18.6. The molecule has 0 unspecified atom stereocenters. The van der Waals surface area contributed by atoms with Gasteiger partial charge in [0, 0.05) is 29.6 Å². The minimum atomic E-state index is -0.178. The van der Waals surface area contributed by atoms with Crippen LogP contribution in [-0.4, -0.2) is 39.6 Å². The fraction of sp³-hybridized carbons (Fsp3) is 0.458. The van der Waals surface area contributed by atoms with E-state index in [4.69, 9.17) is 9.15 Å². The van der Waals surface area contributed by atoms with Crippen molar-refractivity contribution >= 4 is 5.91 Å². The Morgan fingerprint density at radius 2 is 2.10 bits per heavy atom. The number of para-hydroxylation sites is 1. The molecule has 1 atom stereocenters. The van der Waals surface area contributed by atoms with Crippen molar-refractivity contribution in [1.82, 2.24) is 20.1 Å². The van der Waals surface area contributed by atoms with Crippen LogP contribution in [0.4, 0.5) is 0 Å². The summed E-state index contributed by atoms with van der Waals surface area (Å²) >= 11 is 0. The van der Waals surface area contributed by atoms with Gasteiger partial charge in [-0.3, -0.25) is 9.89 Å². The zero-order chi connectivity index (χ0) is 22.0. The number of ether oxygens (including phenoxy) is 1. The van der Waals surface area contributed by atoms with Crippen molar-refractivity contribution in [1.29, 1.82) is 0 Å². The first kappa shape index (κ1) is 21.2. The summed E-state index contributed by atoms with van der Waals surface area (Å²) < 4.78 is 11.6. The Morgan fingerprint density at radius 3 is 2.84 bits per heavy atom. The topological polar surface area (TPSA) is 84.2 Å². The zero-order valence-electron chi connectivity index (χ0n) is 18.6. The number of hydrogen-bond acceptors (Lipinski definition) is 5. The normalized spacial score (nSPS) is 17.0. The number of aromatic nitrogens is 3. The molecule has 1 aliphatic rings. The van der Waals surface area contributed by atoms with E-state index in [0.717, 1.165) is 42.0 Å². The molecule has 1 aromatic carbocycles. The van der Waals surface area contributed by atoms with E-state index in [1.807, 2.05) is 35.2 Å². The second-order valence-electron chi connectivity index (χ2n) is 9.08. The van der Waals surface area contributed by atoms with Crippen molar-refractivity contribution in [2.45, 2.75) is 57.9 Å². The molecule has 0 radical (unpaired) electrons. The van der Waals surface area contributed by atoms with Crippen LogP contribution in [0.5, 0.6) is 5.75 Å². The van der Waals surface area contributed by atoms with Crippen molar-refractivity contribution in [3.63, 3.8) is 0 Å². The Bertz CT molecular complexity index is 1050. The smallest absolute Gasteiger partial charge is 0.275 e. The fourth-order valence-corrected chi connectivity index (χ4v) is 3.99. The van der Waals surface area contributed by atoms with Gasteiger partial charge in [0.1, 0.15) is 23.2 Å². The first-order valence-corrected chi connectivity index (χ1v) is 10.8. The first-order chi connectivity index (χ1) is 14.9. The summed E-state index contributed by atoms with van der Waals surface area (Å²) in [5, 5.41) is 7.30. The van der Waals surface area contributed by atoms with E-state index in [9.17, 15) is 4.79 Å². The Labute approximate surface area is 182 Å². The Kier molecular flexibility index (Phi) is 5.85. The Hall–Kier alpha value is -3.09. The molecule has 0 spiro atoms. The van der Waals surface area contributed by atoms with E-state index in [2.05, 4.69) is 36.0 Å². The lowest BCUT2D eigenvalue weighted by Crippen LogP contribution is -2.38. The highest BCUT2D eigenvalue weighted by Gasteiger charge is 2.33. The van der Waals surface area contributed by atoms with Gasteiger partial charge in [0.15, 0.2) is 0 Å². The number of likely N-dealkylation sites (tertiary alicyclic amines) is 1. The highest BCUT2D eigenvalue weighted by Crippen LogP contribution is 2.33. The Balaban J connectivity index is 1.54. The number of H-pyrrole nitrogens is 1. The van der Waals surface area contributed by atoms with Gasteiger partial charge in [-0.1, -0.05) is 39.0 Å². The van der Waals surface area contributed by atoms with Gasteiger partial charge in [0.05, 0.1) is 13.3 Å². The van der Waals surface area contributed by atoms with Crippen molar-refractivity contribution in [3.8, 4) is 5.75 Å². The van der Waals surface area contributed by atoms with Crippen LogP contribution in [-0.2, 0) is 11.8 Å². The molecule has 0 saturated carbocycles. The number of piperidine rings is 1. The average Bonchev–Trinajstić information content (AvgIpc) is 3.43. The molecule has 2 aromatic heterocycles. The lowest BCUT2D eigenvalue weighted by Gasteiger charge is -2.33. The number of nitrogens with one attached hydrogen (secondary N) is 1. The molecular formula is C24H30N4O3. The lowest BCUT2D eigenvalue weighted by molar-refractivity contribution is 0.0564. The second kappa shape index (κ2) is 8.57. The van der Waals surface area contributed by atoms with Crippen LogP contribution in [0.1, 0.15) is 79.5 Å². The molecule has 0 bridgehead atoms. The molecule has 7 heteroatoms. The number of carbonyl (C=O) groups is 1. The maximum Gasteiger partial charge on any atom is 0.275 e. The van der Waals surface area contributed by atoms with Gasteiger partial charge in [-0.25, -0.2) is 4.98 Å². The minimum Gasteiger partial charge on any atom is -0.496 e. The molecule has 31 heavy (non-hydrogen) atoms. The molecule has 4 rings (SSSR count). The summed E-state index contributed by atoms with van der Waals surface area (Å²) in [6.07, 6.45) is 5.17. The number of rotatable bonds is 5. The van der Waals surface area contributed by atoms with E-state index in [0.29, 0.717) is 24.6 Å². The standard InChI is InChI=1S/C24H30N4O3/c1-24(2,3)21-14-18(26-27-21)23(29)28-12-8-7-10-19(28)22-25-15-17(31-22)13-16-9-5-6-11-20(16)30-4/h5-6,9,11,14-15,19H,7-8,10,12-13H2,1-4H3,(H,26,27)/t19-/m0/s1. The van der Waals surface area contributed by atoms with Gasteiger partial charge in [-0.2, -0.15) is 5.10 Å². The molecule has 164 valence electrons. The van der Waals surface area contributed by atoms with Crippen molar-refractivity contribution in [2.75, 3.05) is 13.7 Å². The van der Waals surface area contributed by atoms with Gasteiger partial charge in [0.2, 0.25) is 5.89 Å². The molecule has 0 aliphatic carbocycles. The maximum absolute atomic E-state index is 13.3. The SMILES string of the molecule is COc1ccccc1Cc1cnc([C@@H]2CCCCN2C(=O)c2cc(C(C)(C)C)[nH]n2)o1. The van der Waals surface area contributed by atoms with Crippen LogP contribution in [0.2, 0.25) is 0 Å². The van der Waals surface area contributed by atoms with Crippen molar-refractivity contribution in [2.24, 2.45) is 0 Å². The summed E-state index contributed by atoms with van der Waals surface area (Å²) in [6.45, 7) is 6.95.